The molecule has 1 nitrogen and oxygen atoms in total. The second-order valence-corrected chi connectivity index (χ2v) is 15.9. The summed E-state index contributed by atoms with van der Waals surface area (Å²) in [5, 5.41) is 3.38. The van der Waals surface area contributed by atoms with E-state index in [4.69, 9.17) is 0 Å². The van der Waals surface area contributed by atoms with Crippen LogP contribution in [0, 0.1) is 39.9 Å². The fourth-order valence-corrected chi connectivity index (χ4v) is 6.48. The van der Waals surface area contributed by atoms with E-state index < -0.39 is 0 Å². The zero-order valence-corrected chi connectivity index (χ0v) is 32.4. The summed E-state index contributed by atoms with van der Waals surface area (Å²) in [6.45, 7) is 53.2. The average Bonchev–Trinajstić information content (AvgIpc) is 3.42. The lowest BCUT2D eigenvalue weighted by Gasteiger charge is -2.39. The highest BCUT2D eigenvalue weighted by Gasteiger charge is 2.58. The maximum Gasteiger partial charge on any atom is 0.0303 e. The van der Waals surface area contributed by atoms with E-state index in [1.165, 1.54) is 61.7 Å². The van der Waals surface area contributed by atoms with E-state index in [1.54, 1.807) is 0 Å². The molecule has 0 aromatic carbocycles. The van der Waals surface area contributed by atoms with Crippen LogP contribution in [0.2, 0.25) is 0 Å². The highest BCUT2D eigenvalue weighted by atomic mass is 14.9. The van der Waals surface area contributed by atoms with E-state index in [9.17, 15) is 0 Å². The van der Waals surface area contributed by atoms with Crippen molar-refractivity contribution >= 4 is 0 Å². The minimum atomic E-state index is 0.327. The molecule has 0 amide bonds. The standard InChI is InChI=1S/2C12H22.C10H21N.C4H8.C3H8/c1-7-10-11(12(10,5)6)9(4)8(2)3;1-10(2)11(3)12(4)8-6-5-7-9-12;1-7-9(10(4,5)6)11-8(2)3;1-4(2)3;1-3-2/h9-11H,2,7H2,1,3-6H3;11H,1,5-9H2,2-4H3;9,11H,2,7H2,1,3-6H3;1H2,2-3H3;3H2,1-2H3. The molecular formula is C41H81N. The van der Waals surface area contributed by atoms with Gasteiger partial charge in [0.1, 0.15) is 0 Å². The topological polar surface area (TPSA) is 12.0 Å². The molecule has 1 N–H and O–H groups in total. The first-order chi connectivity index (χ1) is 19.0. The van der Waals surface area contributed by atoms with Crippen molar-refractivity contribution in [3.63, 3.8) is 0 Å². The van der Waals surface area contributed by atoms with Gasteiger partial charge < -0.3 is 5.32 Å². The van der Waals surface area contributed by atoms with Gasteiger partial charge in [-0.25, -0.2) is 0 Å². The lowest BCUT2D eigenvalue weighted by Crippen LogP contribution is -2.38. The lowest BCUT2D eigenvalue weighted by molar-refractivity contribution is 0.153. The Morgan fingerprint density at radius 1 is 0.786 bits per heavy atom. The van der Waals surface area contributed by atoms with Crippen LogP contribution >= 0.6 is 0 Å². The van der Waals surface area contributed by atoms with Crippen LogP contribution in [-0.4, -0.2) is 6.04 Å². The Morgan fingerprint density at radius 2 is 1.19 bits per heavy atom. The molecule has 42 heavy (non-hydrogen) atoms. The maximum absolute atomic E-state index is 4.08. The van der Waals surface area contributed by atoms with Gasteiger partial charge in [0.15, 0.2) is 0 Å². The van der Waals surface area contributed by atoms with Crippen LogP contribution in [0.3, 0.4) is 0 Å². The predicted octanol–water partition coefficient (Wildman–Crippen LogP) is 14.0. The van der Waals surface area contributed by atoms with Crippen LogP contribution in [0.25, 0.3) is 0 Å². The normalized spacial score (nSPS) is 21.7. The first-order valence-electron chi connectivity index (χ1n) is 17.4. The van der Waals surface area contributed by atoms with Gasteiger partial charge >= 0.3 is 0 Å². The number of rotatable bonds is 8. The Kier molecular flexibility index (Phi) is 23.1. The van der Waals surface area contributed by atoms with Crippen molar-refractivity contribution in [2.75, 3.05) is 0 Å². The molecule has 0 aromatic rings. The van der Waals surface area contributed by atoms with E-state index in [1.807, 2.05) is 20.8 Å². The molecule has 5 atom stereocenters. The van der Waals surface area contributed by atoms with Crippen molar-refractivity contribution in [3.8, 4) is 0 Å². The molecule has 250 valence electrons. The fraction of sp³-hybridized carbons (Fsp3) is 0.805. The number of hydrogen-bond donors (Lipinski definition) is 1. The summed E-state index contributed by atoms with van der Waals surface area (Å²) in [7, 11) is 0. The first-order valence-corrected chi connectivity index (χ1v) is 17.4. The largest absolute Gasteiger partial charge is 0.386 e. The summed E-state index contributed by atoms with van der Waals surface area (Å²) < 4.78 is 0. The monoisotopic (exact) mass is 588 g/mol. The van der Waals surface area contributed by atoms with Crippen LogP contribution in [-0.2, 0) is 0 Å². The predicted molar refractivity (Wildman–Crippen MR) is 198 cm³/mol. The number of allylic oxidation sites excluding steroid dienone is 4. The van der Waals surface area contributed by atoms with E-state index in [0.717, 1.165) is 24.0 Å². The van der Waals surface area contributed by atoms with Crippen molar-refractivity contribution in [1.29, 1.82) is 0 Å². The van der Waals surface area contributed by atoms with Gasteiger partial charge in [-0.05, 0) is 93.8 Å². The molecule has 2 aliphatic rings. The molecule has 0 aliphatic heterocycles. The quantitative estimate of drug-likeness (QED) is 0.278. The van der Waals surface area contributed by atoms with E-state index in [-0.39, 0.29) is 0 Å². The molecule has 2 saturated carbocycles. The fourth-order valence-electron chi connectivity index (χ4n) is 6.48. The Morgan fingerprint density at radius 3 is 1.40 bits per heavy atom. The van der Waals surface area contributed by atoms with Crippen molar-refractivity contribution in [1.82, 2.24) is 5.32 Å². The third-order valence-electron chi connectivity index (χ3n) is 9.55. The summed E-state index contributed by atoms with van der Waals surface area (Å²) in [6.07, 6.45) is 10.8. The molecule has 0 heterocycles. The molecule has 2 aliphatic carbocycles. The van der Waals surface area contributed by atoms with E-state index in [0.29, 0.717) is 34.1 Å². The molecule has 5 unspecified atom stereocenters. The zero-order chi connectivity index (χ0) is 34.1. The summed E-state index contributed by atoms with van der Waals surface area (Å²) in [6, 6.07) is 0.542. The van der Waals surface area contributed by atoms with Gasteiger partial charge in [-0.1, -0.05) is 152 Å². The number of hydrogen-bond acceptors (Lipinski definition) is 1. The molecule has 0 saturated heterocycles. The minimum absolute atomic E-state index is 0.327. The zero-order valence-electron chi connectivity index (χ0n) is 32.4. The SMILES string of the molecule is C=C(C)C.C=C(C)C(C)C1(C)CCCCC1.C=C(C)C(C)C1C(CC)C1(C)C.C=C(C)NC(CC)C(C)(C)C.CCC. The Labute approximate surface area is 268 Å². The molecule has 0 radical (unpaired) electrons. The summed E-state index contributed by atoms with van der Waals surface area (Å²) in [5.74, 6) is 3.24. The van der Waals surface area contributed by atoms with Crippen molar-refractivity contribution in [2.45, 2.75) is 175 Å². The van der Waals surface area contributed by atoms with Crippen LogP contribution in [0.4, 0.5) is 0 Å². The van der Waals surface area contributed by atoms with E-state index in [2.05, 4.69) is 129 Å². The highest BCUT2D eigenvalue weighted by molar-refractivity contribution is 5.13. The molecule has 2 fully saturated rings. The van der Waals surface area contributed by atoms with Gasteiger partial charge in [-0.3, -0.25) is 0 Å². The van der Waals surface area contributed by atoms with Crippen molar-refractivity contribution in [3.05, 3.63) is 48.7 Å². The van der Waals surface area contributed by atoms with Gasteiger partial charge in [-0.2, -0.15) is 0 Å². The molecule has 2 rings (SSSR count). The number of nitrogens with one attached hydrogen (secondary N) is 1. The summed E-state index contributed by atoms with van der Waals surface area (Å²) >= 11 is 0. The van der Waals surface area contributed by atoms with Crippen LogP contribution in [0.15, 0.2) is 48.7 Å². The second-order valence-electron chi connectivity index (χ2n) is 15.9. The molecule has 0 aromatic heterocycles. The molecule has 0 bridgehead atoms. The minimum Gasteiger partial charge on any atom is -0.386 e. The summed E-state index contributed by atoms with van der Waals surface area (Å²) in [5.41, 5.74) is 6.40. The van der Waals surface area contributed by atoms with Crippen LogP contribution < -0.4 is 5.32 Å². The lowest BCUT2D eigenvalue weighted by atomic mass is 9.66. The highest BCUT2D eigenvalue weighted by Crippen LogP contribution is 2.64. The van der Waals surface area contributed by atoms with Gasteiger partial charge in [0.25, 0.3) is 0 Å². The maximum atomic E-state index is 4.08. The third kappa shape index (κ3) is 18.4. The Bertz CT molecular complexity index is 763. The molecule has 0 spiro atoms. The van der Waals surface area contributed by atoms with Crippen LogP contribution in [0.5, 0.6) is 0 Å². The van der Waals surface area contributed by atoms with Crippen molar-refractivity contribution < 1.29 is 0 Å². The Balaban J connectivity index is -0.000000489. The Hall–Kier alpha value is -1.24. The van der Waals surface area contributed by atoms with Gasteiger partial charge in [0, 0.05) is 11.7 Å². The van der Waals surface area contributed by atoms with Crippen LogP contribution in [0.1, 0.15) is 169 Å². The smallest absolute Gasteiger partial charge is 0.0303 e. The molecule has 1 heteroatoms. The van der Waals surface area contributed by atoms with Crippen molar-refractivity contribution in [2.24, 2.45) is 39.9 Å². The van der Waals surface area contributed by atoms with Gasteiger partial charge in [0.2, 0.25) is 0 Å². The van der Waals surface area contributed by atoms with E-state index >= 15 is 0 Å². The third-order valence-corrected chi connectivity index (χ3v) is 9.55. The summed E-state index contributed by atoms with van der Waals surface area (Å²) in [4.78, 5) is 0. The second kappa shape index (κ2) is 21.5. The average molecular weight is 588 g/mol. The van der Waals surface area contributed by atoms with Gasteiger partial charge in [0.05, 0.1) is 0 Å². The first kappa shape index (κ1) is 45.2. The molecular weight excluding hydrogens is 506 g/mol. The van der Waals surface area contributed by atoms with Gasteiger partial charge in [-0.15, -0.1) is 6.58 Å².